The van der Waals surface area contributed by atoms with Crippen molar-refractivity contribution in [1.29, 1.82) is 0 Å². The van der Waals surface area contributed by atoms with Crippen LogP contribution in [-0.4, -0.2) is 41.6 Å². The maximum Gasteiger partial charge on any atom is 0.353 e. The van der Waals surface area contributed by atoms with E-state index in [1.807, 2.05) is 0 Å². The smallest absolute Gasteiger partial charge is 0.353 e. The summed E-state index contributed by atoms with van der Waals surface area (Å²) in [6.07, 6.45) is -2.67. The highest BCUT2D eigenvalue weighted by molar-refractivity contribution is 6.05. The molecule has 0 bridgehead atoms. The molecule has 1 aliphatic rings. The number of carbonyl (C=O) groups excluding carboxylic acids is 2. The first-order chi connectivity index (χ1) is 14.7. The lowest BCUT2D eigenvalue weighted by atomic mass is 9.91. The molecule has 0 radical (unpaired) electrons. The largest absolute Gasteiger partial charge is 0.466 e. The van der Waals surface area contributed by atoms with Crippen LogP contribution in [-0.2, 0) is 28.5 Å². The summed E-state index contributed by atoms with van der Waals surface area (Å²) in [7, 11) is 2.09. The number of rotatable bonds is 6. The van der Waals surface area contributed by atoms with E-state index in [2.05, 4.69) is 0 Å². The molecular formula is C19H16N2O10. The maximum atomic E-state index is 12.7. The summed E-state index contributed by atoms with van der Waals surface area (Å²) >= 11 is 0. The van der Waals surface area contributed by atoms with Gasteiger partial charge in [-0.15, -0.1) is 0 Å². The standard InChI is InChI=1S/C19H16N2O10/c1-28-17(22)19(18(23)29-2)15(11-3-7-13(8-4-11)20(24)25)30-16(31-19)12-5-9-14(10-6-12)21(26)27/h3-10,15-16H,1-2H3/t15-,16-/m1/s1. The monoisotopic (exact) mass is 432 g/mol. The van der Waals surface area contributed by atoms with Gasteiger partial charge in [-0.25, -0.2) is 9.59 Å². The molecular weight excluding hydrogens is 416 g/mol. The molecule has 31 heavy (non-hydrogen) atoms. The zero-order chi connectivity index (χ0) is 22.8. The van der Waals surface area contributed by atoms with E-state index in [1.54, 1.807) is 0 Å². The van der Waals surface area contributed by atoms with Crippen LogP contribution >= 0.6 is 0 Å². The molecule has 0 spiro atoms. The number of hydrogen-bond acceptors (Lipinski definition) is 10. The van der Waals surface area contributed by atoms with Gasteiger partial charge < -0.3 is 18.9 Å². The minimum Gasteiger partial charge on any atom is -0.466 e. The van der Waals surface area contributed by atoms with Gasteiger partial charge in [-0.05, 0) is 29.8 Å². The highest BCUT2D eigenvalue weighted by atomic mass is 16.8. The van der Waals surface area contributed by atoms with Gasteiger partial charge in [0.25, 0.3) is 17.0 Å². The van der Waals surface area contributed by atoms with Crippen LogP contribution in [0.2, 0.25) is 0 Å². The van der Waals surface area contributed by atoms with Crippen LogP contribution in [0.1, 0.15) is 23.5 Å². The molecule has 0 aliphatic carbocycles. The Hall–Kier alpha value is -3.90. The van der Waals surface area contributed by atoms with E-state index in [9.17, 15) is 29.8 Å². The van der Waals surface area contributed by atoms with Gasteiger partial charge in [0.2, 0.25) is 0 Å². The average Bonchev–Trinajstić information content (AvgIpc) is 3.19. The van der Waals surface area contributed by atoms with Gasteiger partial charge in [0.05, 0.1) is 24.1 Å². The highest BCUT2D eigenvalue weighted by Crippen LogP contribution is 2.48. The number of nitrogens with zero attached hydrogens (tertiary/aromatic N) is 2. The third-order valence-electron chi connectivity index (χ3n) is 4.68. The summed E-state index contributed by atoms with van der Waals surface area (Å²) in [5.74, 6) is -2.21. The summed E-state index contributed by atoms with van der Waals surface area (Å²) in [6, 6.07) is 10.1. The molecule has 1 fully saturated rings. The molecule has 3 rings (SSSR count). The number of non-ortho nitro benzene ring substituents is 2. The van der Waals surface area contributed by atoms with Crippen molar-refractivity contribution in [1.82, 2.24) is 0 Å². The van der Waals surface area contributed by atoms with Gasteiger partial charge in [0, 0.05) is 29.8 Å². The van der Waals surface area contributed by atoms with E-state index in [-0.39, 0.29) is 22.5 Å². The third kappa shape index (κ3) is 3.81. The quantitative estimate of drug-likeness (QED) is 0.287. The van der Waals surface area contributed by atoms with Crippen molar-refractivity contribution in [3.05, 3.63) is 79.9 Å². The van der Waals surface area contributed by atoms with Gasteiger partial charge in [-0.1, -0.05) is 0 Å². The second kappa shape index (κ2) is 8.45. The predicted octanol–water partition coefficient (Wildman–Crippen LogP) is 2.37. The normalized spacial score (nSPS) is 19.4. The number of benzene rings is 2. The first kappa shape index (κ1) is 21.8. The number of ether oxygens (including phenoxy) is 4. The fourth-order valence-electron chi connectivity index (χ4n) is 3.16. The molecule has 1 aliphatic heterocycles. The Balaban J connectivity index is 2.07. The Bertz CT molecular complexity index is 1000. The van der Waals surface area contributed by atoms with Gasteiger partial charge in [-0.3, -0.25) is 20.2 Å². The molecule has 0 amide bonds. The number of hydrogen-bond donors (Lipinski definition) is 0. The van der Waals surface area contributed by atoms with Crippen molar-refractivity contribution < 1.29 is 38.4 Å². The lowest BCUT2D eigenvalue weighted by molar-refractivity contribution is -0.385. The number of methoxy groups -OCH3 is 2. The Morgan fingerprint density at radius 3 is 1.65 bits per heavy atom. The summed E-state index contributed by atoms with van der Waals surface area (Å²) in [4.78, 5) is 46.0. The molecule has 0 aromatic heterocycles. The molecule has 12 heteroatoms. The van der Waals surface area contributed by atoms with Crippen LogP contribution in [0.4, 0.5) is 11.4 Å². The minimum absolute atomic E-state index is 0.180. The van der Waals surface area contributed by atoms with Crippen molar-refractivity contribution in [2.24, 2.45) is 0 Å². The number of esters is 2. The first-order valence-electron chi connectivity index (χ1n) is 8.73. The second-order valence-electron chi connectivity index (χ2n) is 6.38. The molecule has 1 saturated heterocycles. The number of carbonyl (C=O) groups is 2. The SMILES string of the molecule is COC(=O)C1(C(=O)OC)O[C@H](c2ccc([N+](=O)[O-])cc2)O[C@@H]1c1ccc([N+](=O)[O-])cc1. The van der Waals surface area contributed by atoms with Crippen LogP contribution in [0.25, 0.3) is 0 Å². The van der Waals surface area contributed by atoms with Crippen LogP contribution in [0.5, 0.6) is 0 Å². The van der Waals surface area contributed by atoms with Crippen molar-refractivity contribution in [3.8, 4) is 0 Å². The topological polar surface area (TPSA) is 157 Å². The lowest BCUT2D eigenvalue weighted by Crippen LogP contribution is -2.52. The van der Waals surface area contributed by atoms with Crippen LogP contribution in [0.15, 0.2) is 48.5 Å². The molecule has 2 aromatic rings. The van der Waals surface area contributed by atoms with Crippen LogP contribution < -0.4 is 0 Å². The summed E-state index contributed by atoms with van der Waals surface area (Å²) < 4.78 is 21.1. The molecule has 12 nitrogen and oxygen atoms in total. The van der Waals surface area contributed by atoms with Gasteiger partial charge >= 0.3 is 11.9 Å². The molecule has 2 atom stereocenters. The maximum absolute atomic E-state index is 12.7. The van der Waals surface area contributed by atoms with E-state index in [4.69, 9.17) is 18.9 Å². The van der Waals surface area contributed by atoms with E-state index in [0.29, 0.717) is 0 Å². The van der Waals surface area contributed by atoms with Crippen molar-refractivity contribution in [2.75, 3.05) is 14.2 Å². The van der Waals surface area contributed by atoms with E-state index in [1.165, 1.54) is 48.5 Å². The number of nitro groups is 2. The highest BCUT2D eigenvalue weighted by Gasteiger charge is 2.64. The fraction of sp³-hybridized carbons (Fsp3) is 0.263. The molecule has 1 heterocycles. The molecule has 2 aromatic carbocycles. The van der Waals surface area contributed by atoms with Crippen molar-refractivity contribution in [2.45, 2.75) is 18.0 Å². The van der Waals surface area contributed by atoms with Gasteiger partial charge in [0.1, 0.15) is 6.10 Å². The van der Waals surface area contributed by atoms with E-state index in [0.717, 1.165) is 14.2 Å². The Morgan fingerprint density at radius 1 is 0.839 bits per heavy atom. The molecule has 0 saturated carbocycles. The Morgan fingerprint density at radius 2 is 1.26 bits per heavy atom. The molecule has 162 valence electrons. The van der Waals surface area contributed by atoms with E-state index < -0.39 is 39.8 Å². The van der Waals surface area contributed by atoms with Crippen LogP contribution in [0, 0.1) is 20.2 Å². The minimum atomic E-state index is -2.37. The second-order valence-corrected chi connectivity index (χ2v) is 6.38. The average molecular weight is 432 g/mol. The van der Waals surface area contributed by atoms with Crippen molar-refractivity contribution in [3.63, 3.8) is 0 Å². The Kier molecular flexibility index (Phi) is 5.95. The Labute approximate surface area is 174 Å². The van der Waals surface area contributed by atoms with E-state index >= 15 is 0 Å². The zero-order valence-corrected chi connectivity index (χ0v) is 16.3. The predicted molar refractivity (Wildman–Crippen MR) is 101 cm³/mol. The summed E-state index contributed by atoms with van der Waals surface area (Å²) in [5.41, 5.74) is -2.26. The van der Waals surface area contributed by atoms with Gasteiger partial charge in [-0.2, -0.15) is 0 Å². The fourth-order valence-corrected chi connectivity index (χ4v) is 3.16. The number of nitro benzene ring substituents is 2. The lowest BCUT2D eigenvalue weighted by Gasteiger charge is -2.26. The zero-order valence-electron chi connectivity index (χ0n) is 16.3. The van der Waals surface area contributed by atoms with Crippen molar-refractivity contribution >= 4 is 23.3 Å². The first-order valence-corrected chi connectivity index (χ1v) is 8.73. The summed E-state index contributed by atoms with van der Waals surface area (Å²) in [5, 5.41) is 21.8. The molecule has 0 unspecified atom stereocenters. The molecule has 0 N–H and O–H groups in total. The van der Waals surface area contributed by atoms with Crippen LogP contribution in [0.3, 0.4) is 0 Å². The summed E-state index contributed by atoms with van der Waals surface area (Å²) in [6.45, 7) is 0. The third-order valence-corrected chi connectivity index (χ3v) is 4.68. The van der Waals surface area contributed by atoms with Gasteiger partial charge in [0.15, 0.2) is 6.29 Å².